The van der Waals surface area contributed by atoms with Crippen LogP contribution in [0, 0.1) is 11.8 Å². The first-order valence-electron chi connectivity index (χ1n) is 9.62. The number of piperidine rings is 3. The van der Waals surface area contributed by atoms with Crippen LogP contribution in [0.1, 0.15) is 18.5 Å². The molecule has 3 saturated heterocycles. The number of carbonyl (C=O) groups is 1. The van der Waals surface area contributed by atoms with E-state index in [0.717, 1.165) is 43.9 Å². The smallest absolute Gasteiger partial charge is 0.226 e. The summed E-state index contributed by atoms with van der Waals surface area (Å²) in [6.45, 7) is 2.85. The number of aromatic nitrogens is 3. The van der Waals surface area contributed by atoms with Crippen LogP contribution in [0.5, 0.6) is 0 Å². The van der Waals surface area contributed by atoms with Gasteiger partial charge >= 0.3 is 0 Å². The molecule has 1 unspecified atom stereocenters. The molecule has 1 aromatic carbocycles. The second kappa shape index (κ2) is 8.02. The molecule has 3 aliphatic heterocycles. The van der Waals surface area contributed by atoms with Crippen molar-refractivity contribution in [2.24, 2.45) is 11.8 Å². The molecule has 1 amide bonds. The monoisotopic (exact) mass is 385 g/mol. The lowest BCUT2D eigenvalue weighted by Crippen LogP contribution is -2.57. The third-order valence-corrected chi connectivity index (χ3v) is 6.80. The number of nitrogens with zero attached hydrogens (tertiary/aromatic N) is 5. The van der Waals surface area contributed by atoms with Gasteiger partial charge in [-0.25, -0.2) is 0 Å². The lowest BCUT2D eigenvalue weighted by atomic mass is 9.75. The van der Waals surface area contributed by atoms with E-state index in [2.05, 4.69) is 45.7 Å². The molecule has 6 nitrogen and oxygen atoms in total. The van der Waals surface area contributed by atoms with Gasteiger partial charge in [0, 0.05) is 43.5 Å². The van der Waals surface area contributed by atoms with Gasteiger partial charge in [-0.05, 0) is 37.4 Å². The van der Waals surface area contributed by atoms with Crippen LogP contribution in [0.15, 0.2) is 41.4 Å². The number of rotatable bonds is 6. The number of hydrogen-bond acceptors (Lipinski definition) is 5. The molecule has 2 aromatic rings. The molecule has 1 aromatic heterocycles. The topological polar surface area (TPSA) is 54.3 Å². The highest BCUT2D eigenvalue weighted by atomic mass is 32.2. The van der Waals surface area contributed by atoms with Crippen LogP contribution < -0.4 is 0 Å². The minimum absolute atomic E-state index is 0.165. The van der Waals surface area contributed by atoms with E-state index in [-0.39, 0.29) is 11.8 Å². The highest BCUT2D eigenvalue weighted by Gasteiger charge is 2.43. The zero-order valence-corrected chi connectivity index (χ0v) is 16.8. The van der Waals surface area contributed by atoms with Gasteiger partial charge in [0.05, 0.1) is 18.2 Å². The summed E-state index contributed by atoms with van der Waals surface area (Å²) in [5, 5.41) is 8.68. The van der Waals surface area contributed by atoms with Crippen LogP contribution in [0.3, 0.4) is 0 Å². The van der Waals surface area contributed by atoms with Crippen molar-refractivity contribution in [2.45, 2.75) is 36.1 Å². The second-order valence-corrected chi connectivity index (χ2v) is 8.85. The Morgan fingerprint density at radius 3 is 2.81 bits per heavy atom. The zero-order chi connectivity index (χ0) is 18.8. The minimum Gasteiger partial charge on any atom is -0.349 e. The predicted molar refractivity (Wildman–Crippen MR) is 106 cm³/mol. The maximum atomic E-state index is 12.4. The van der Waals surface area contributed by atoms with Gasteiger partial charge in [0.1, 0.15) is 0 Å². The fourth-order valence-corrected chi connectivity index (χ4v) is 5.12. The normalized spacial score (nSPS) is 26.9. The fourth-order valence-electron chi connectivity index (χ4n) is 4.32. The van der Waals surface area contributed by atoms with Gasteiger partial charge in [-0.1, -0.05) is 23.4 Å². The molecular formula is C20H27N5OS. The highest BCUT2D eigenvalue weighted by molar-refractivity contribution is 7.98. The van der Waals surface area contributed by atoms with Crippen LogP contribution in [0.4, 0.5) is 0 Å². The van der Waals surface area contributed by atoms with E-state index in [1.165, 1.54) is 4.90 Å². The average molecular weight is 386 g/mol. The Bertz CT molecular complexity index is 778. The molecular weight excluding hydrogens is 358 g/mol. The summed E-state index contributed by atoms with van der Waals surface area (Å²) in [6, 6.07) is 10.8. The fraction of sp³-hybridized carbons (Fsp3) is 0.550. The molecule has 0 N–H and O–H groups in total. The molecule has 4 atom stereocenters. The van der Waals surface area contributed by atoms with Crippen molar-refractivity contribution in [2.75, 3.05) is 27.2 Å². The molecule has 2 bridgehead atoms. The Morgan fingerprint density at radius 2 is 2.11 bits per heavy atom. The third kappa shape index (κ3) is 4.19. The van der Waals surface area contributed by atoms with Crippen LogP contribution in [0.2, 0.25) is 0 Å². The van der Waals surface area contributed by atoms with Gasteiger partial charge in [0.2, 0.25) is 5.91 Å². The number of thioether (sulfide) groups is 1. The SMILES string of the molecule is CN(C)C(=O)[C@H]1CN2CC[C@@H]1C[C@@H]2Cn1cc(CSc2ccccc2)nn1. The molecule has 0 spiro atoms. The number of hydrogen-bond donors (Lipinski definition) is 0. The lowest BCUT2D eigenvalue weighted by molar-refractivity contribution is -0.141. The van der Waals surface area contributed by atoms with Crippen LogP contribution in [-0.2, 0) is 17.1 Å². The minimum atomic E-state index is 0.165. The van der Waals surface area contributed by atoms with Gasteiger partial charge < -0.3 is 4.90 Å². The first-order valence-corrected chi connectivity index (χ1v) is 10.6. The van der Waals surface area contributed by atoms with Crippen molar-refractivity contribution >= 4 is 17.7 Å². The molecule has 5 rings (SSSR count). The summed E-state index contributed by atoms with van der Waals surface area (Å²) < 4.78 is 1.98. The highest BCUT2D eigenvalue weighted by Crippen LogP contribution is 2.37. The Kier molecular flexibility index (Phi) is 5.50. The average Bonchev–Trinajstić information content (AvgIpc) is 3.14. The molecule has 3 aliphatic rings. The maximum absolute atomic E-state index is 12.4. The Hall–Kier alpha value is -1.86. The molecule has 7 heteroatoms. The van der Waals surface area contributed by atoms with Crippen LogP contribution >= 0.6 is 11.8 Å². The number of amides is 1. The largest absolute Gasteiger partial charge is 0.349 e. The summed E-state index contributed by atoms with van der Waals surface area (Å²) in [5.74, 6) is 1.79. The Balaban J connectivity index is 1.33. The number of fused-ring (bicyclic) bond motifs is 3. The van der Waals surface area contributed by atoms with Gasteiger partial charge in [-0.3, -0.25) is 14.4 Å². The van der Waals surface area contributed by atoms with Gasteiger partial charge in [-0.2, -0.15) is 0 Å². The predicted octanol–water partition coefficient (Wildman–Crippen LogP) is 2.37. The number of carbonyl (C=O) groups excluding carboxylic acids is 1. The van der Waals surface area contributed by atoms with E-state index in [9.17, 15) is 4.79 Å². The molecule has 4 heterocycles. The van der Waals surface area contributed by atoms with Gasteiger partial charge in [-0.15, -0.1) is 16.9 Å². The molecule has 144 valence electrons. The van der Waals surface area contributed by atoms with Gasteiger partial charge in [0.15, 0.2) is 0 Å². The van der Waals surface area contributed by atoms with Crippen LogP contribution in [0.25, 0.3) is 0 Å². The van der Waals surface area contributed by atoms with Crippen LogP contribution in [-0.4, -0.2) is 63.9 Å². The molecule has 0 saturated carbocycles. The van der Waals surface area contributed by atoms with E-state index in [1.807, 2.05) is 24.8 Å². The molecule has 0 radical (unpaired) electrons. The number of benzene rings is 1. The first-order chi connectivity index (χ1) is 13.1. The molecule has 27 heavy (non-hydrogen) atoms. The van der Waals surface area contributed by atoms with E-state index in [1.54, 1.807) is 16.7 Å². The van der Waals surface area contributed by atoms with Crippen molar-refractivity contribution in [1.29, 1.82) is 0 Å². The second-order valence-electron chi connectivity index (χ2n) is 7.81. The van der Waals surface area contributed by atoms with Crippen molar-refractivity contribution in [3.63, 3.8) is 0 Å². The quantitative estimate of drug-likeness (QED) is 0.715. The Labute approximate surface area is 164 Å². The summed E-state index contributed by atoms with van der Waals surface area (Å²) in [6.07, 6.45) is 4.29. The van der Waals surface area contributed by atoms with Crippen molar-refractivity contribution in [3.8, 4) is 0 Å². The van der Waals surface area contributed by atoms with Gasteiger partial charge in [0.25, 0.3) is 0 Å². The van der Waals surface area contributed by atoms with Crippen molar-refractivity contribution < 1.29 is 4.79 Å². The summed E-state index contributed by atoms with van der Waals surface area (Å²) in [7, 11) is 3.73. The molecule has 3 fully saturated rings. The first kappa shape index (κ1) is 18.5. The Morgan fingerprint density at radius 1 is 1.30 bits per heavy atom. The maximum Gasteiger partial charge on any atom is 0.226 e. The van der Waals surface area contributed by atoms with Crippen molar-refractivity contribution in [3.05, 3.63) is 42.2 Å². The summed E-state index contributed by atoms with van der Waals surface area (Å²) in [5.41, 5.74) is 1.01. The van der Waals surface area contributed by atoms with E-state index in [0.29, 0.717) is 12.0 Å². The zero-order valence-electron chi connectivity index (χ0n) is 16.0. The standard InChI is InChI=1S/C20H27N5OS/c1-23(2)20(26)19-13-24-9-8-15(19)10-17(24)12-25-11-16(21-22-25)14-27-18-6-4-3-5-7-18/h3-7,11,15,17,19H,8-10,12-14H2,1-2H3/t15-,17-,19+/m1/s1. The summed E-state index contributed by atoms with van der Waals surface area (Å²) in [4.78, 5) is 17.9. The molecule has 0 aliphatic carbocycles. The van der Waals surface area contributed by atoms with E-state index in [4.69, 9.17) is 0 Å². The summed E-state index contributed by atoms with van der Waals surface area (Å²) >= 11 is 1.78. The van der Waals surface area contributed by atoms with E-state index < -0.39 is 0 Å². The third-order valence-electron chi connectivity index (χ3n) is 5.75. The lowest BCUT2D eigenvalue weighted by Gasteiger charge is -2.49. The van der Waals surface area contributed by atoms with E-state index >= 15 is 0 Å². The van der Waals surface area contributed by atoms with Crippen molar-refractivity contribution in [1.82, 2.24) is 24.8 Å².